The monoisotopic (exact) mass is 469 g/mol. The van der Waals surface area contributed by atoms with Gasteiger partial charge in [-0.1, -0.05) is 36.4 Å². The lowest BCUT2D eigenvalue weighted by molar-refractivity contribution is -0.129. The number of nitrogens with one attached hydrogen (secondary N) is 1. The Morgan fingerprint density at radius 1 is 1.06 bits per heavy atom. The van der Waals surface area contributed by atoms with E-state index in [0.29, 0.717) is 18.9 Å². The van der Waals surface area contributed by atoms with Gasteiger partial charge in [0.05, 0.1) is 23.6 Å². The van der Waals surface area contributed by atoms with Crippen molar-refractivity contribution >= 4 is 16.8 Å². The minimum absolute atomic E-state index is 0.211. The first-order chi connectivity index (χ1) is 17.1. The average Bonchev–Trinajstić information content (AvgIpc) is 3.53. The number of carbonyl (C=O) groups is 1. The third-order valence-electron chi connectivity index (χ3n) is 7.45. The molecular formula is C29H28FN3O2. The van der Waals surface area contributed by atoms with Gasteiger partial charge in [0.15, 0.2) is 0 Å². The minimum atomic E-state index is -0.405. The lowest BCUT2D eigenvalue weighted by Crippen LogP contribution is -2.39. The Labute approximate surface area is 203 Å². The summed E-state index contributed by atoms with van der Waals surface area (Å²) in [4.78, 5) is 18.4. The largest absolute Gasteiger partial charge is 0.497 e. The van der Waals surface area contributed by atoms with Crippen molar-refractivity contribution in [3.05, 3.63) is 72.5 Å². The Morgan fingerprint density at radius 3 is 2.37 bits per heavy atom. The molecule has 4 aromatic rings. The maximum atomic E-state index is 13.4. The number of hydrogen-bond acceptors (Lipinski definition) is 4. The topological polar surface area (TPSA) is 56.2 Å². The van der Waals surface area contributed by atoms with Crippen LogP contribution in [0.25, 0.3) is 33.5 Å². The fraction of sp³-hybridized carbons (Fsp3) is 0.310. The van der Waals surface area contributed by atoms with Crippen LogP contribution < -0.4 is 10.1 Å². The molecule has 0 amide bonds. The predicted octanol–water partition coefficient (Wildman–Crippen LogP) is 5.48. The number of ether oxygens (including phenoxy) is 1. The second-order valence-corrected chi connectivity index (χ2v) is 9.81. The van der Waals surface area contributed by atoms with E-state index in [4.69, 9.17) is 9.72 Å². The number of carbonyl (C=O) groups excluding carboxylic acids is 1. The number of halogens is 1. The van der Waals surface area contributed by atoms with E-state index in [-0.39, 0.29) is 11.7 Å². The van der Waals surface area contributed by atoms with Crippen LogP contribution in [0.4, 0.5) is 4.39 Å². The van der Waals surface area contributed by atoms with Crippen molar-refractivity contribution in [2.75, 3.05) is 20.2 Å². The van der Waals surface area contributed by atoms with Gasteiger partial charge in [-0.05, 0) is 61.2 Å². The molecule has 2 aliphatic rings. The summed E-state index contributed by atoms with van der Waals surface area (Å²) in [6.45, 7) is 2.18. The van der Waals surface area contributed by atoms with Crippen molar-refractivity contribution in [1.29, 1.82) is 0 Å². The standard InChI is InChI=1S/C29H28FN3O2/c1-35-24-12-13-26-25(16-24)32-28(22-6-2-19(3-7-22)20-8-10-23(30)11-9-20)33(26)18-29(14-15-31-17-29)27(34)21-4-5-21/h2-3,6-13,16,21,31H,4-5,14-15,17-18H2,1H3/t29-/m0/s1. The van der Waals surface area contributed by atoms with Gasteiger partial charge >= 0.3 is 0 Å². The summed E-state index contributed by atoms with van der Waals surface area (Å²) in [5.41, 5.74) is 4.39. The number of ketones is 1. The number of rotatable bonds is 7. The highest BCUT2D eigenvalue weighted by Gasteiger charge is 2.48. The quantitative estimate of drug-likeness (QED) is 0.390. The highest BCUT2D eigenvalue weighted by atomic mass is 19.1. The van der Waals surface area contributed by atoms with Gasteiger partial charge in [-0.3, -0.25) is 4.79 Å². The van der Waals surface area contributed by atoms with Crippen LogP contribution in [0.1, 0.15) is 19.3 Å². The summed E-state index contributed by atoms with van der Waals surface area (Å²) >= 11 is 0. The molecule has 1 N–H and O–H groups in total. The number of nitrogens with zero attached hydrogens (tertiary/aromatic N) is 2. The van der Waals surface area contributed by atoms with Crippen molar-refractivity contribution in [1.82, 2.24) is 14.9 Å². The lowest BCUT2D eigenvalue weighted by atomic mass is 9.80. The normalized spacial score (nSPS) is 19.8. The number of aromatic nitrogens is 2. The fourth-order valence-corrected chi connectivity index (χ4v) is 5.32. The van der Waals surface area contributed by atoms with Crippen molar-refractivity contribution in [3.63, 3.8) is 0 Å². The maximum Gasteiger partial charge on any atom is 0.145 e. The molecule has 0 spiro atoms. The highest BCUT2D eigenvalue weighted by molar-refractivity contribution is 5.90. The van der Waals surface area contributed by atoms with Gasteiger partial charge in [0.1, 0.15) is 23.2 Å². The first kappa shape index (κ1) is 22.0. The van der Waals surface area contributed by atoms with Crippen molar-refractivity contribution in [3.8, 4) is 28.3 Å². The van der Waals surface area contributed by atoms with E-state index in [1.54, 1.807) is 19.2 Å². The maximum absolute atomic E-state index is 13.4. The number of Topliss-reactive ketones (excluding diaryl/α,β-unsaturated/α-hetero) is 1. The second-order valence-electron chi connectivity index (χ2n) is 9.81. The molecule has 6 heteroatoms. The van der Waals surface area contributed by atoms with E-state index in [1.807, 2.05) is 30.3 Å². The van der Waals surface area contributed by atoms with E-state index in [1.165, 1.54) is 12.1 Å². The van der Waals surface area contributed by atoms with Crippen LogP contribution >= 0.6 is 0 Å². The van der Waals surface area contributed by atoms with Crippen LogP contribution in [-0.4, -0.2) is 35.5 Å². The van der Waals surface area contributed by atoms with E-state index in [2.05, 4.69) is 22.0 Å². The molecule has 1 aliphatic heterocycles. The molecule has 6 rings (SSSR count). The number of methoxy groups -OCH3 is 1. The van der Waals surface area contributed by atoms with Crippen LogP contribution in [0.15, 0.2) is 66.7 Å². The van der Waals surface area contributed by atoms with Gasteiger partial charge in [-0.15, -0.1) is 0 Å². The SMILES string of the molecule is COc1ccc2c(c1)nc(-c1ccc(-c3ccc(F)cc3)cc1)n2C[C@]1(C(=O)C2CC2)CCNC1. The number of fused-ring (bicyclic) bond motifs is 1. The van der Waals surface area contributed by atoms with Gasteiger partial charge in [-0.25, -0.2) is 9.37 Å². The zero-order valence-electron chi connectivity index (χ0n) is 19.8. The molecule has 178 valence electrons. The summed E-state index contributed by atoms with van der Waals surface area (Å²) in [6.07, 6.45) is 2.88. The van der Waals surface area contributed by atoms with Gasteiger partial charge < -0.3 is 14.6 Å². The number of benzene rings is 3. The third kappa shape index (κ3) is 4.02. The van der Waals surface area contributed by atoms with Crippen LogP contribution in [0.2, 0.25) is 0 Å². The molecule has 0 unspecified atom stereocenters. The minimum Gasteiger partial charge on any atom is -0.497 e. The fourth-order valence-electron chi connectivity index (χ4n) is 5.32. The smallest absolute Gasteiger partial charge is 0.145 e. The molecule has 1 aromatic heterocycles. The summed E-state index contributed by atoms with van der Waals surface area (Å²) < 4.78 is 21.0. The Balaban J connectivity index is 1.43. The van der Waals surface area contributed by atoms with Crippen LogP contribution in [0.3, 0.4) is 0 Å². The van der Waals surface area contributed by atoms with E-state index in [9.17, 15) is 9.18 Å². The number of hydrogen-bond donors (Lipinski definition) is 1. The molecule has 0 radical (unpaired) electrons. The Morgan fingerprint density at radius 2 is 1.74 bits per heavy atom. The molecule has 35 heavy (non-hydrogen) atoms. The summed E-state index contributed by atoms with van der Waals surface area (Å²) in [6, 6.07) is 20.6. The Kier molecular flexibility index (Phi) is 5.41. The molecule has 3 aromatic carbocycles. The Bertz CT molecular complexity index is 1380. The van der Waals surface area contributed by atoms with Crippen molar-refractivity contribution in [2.45, 2.75) is 25.8 Å². The summed E-state index contributed by atoms with van der Waals surface area (Å²) in [5, 5.41) is 3.44. The molecule has 5 nitrogen and oxygen atoms in total. The van der Waals surface area contributed by atoms with Crippen molar-refractivity contribution in [2.24, 2.45) is 11.3 Å². The first-order valence-electron chi connectivity index (χ1n) is 12.2. The summed E-state index contributed by atoms with van der Waals surface area (Å²) in [5.74, 6) is 1.96. The molecule has 1 saturated carbocycles. The second kappa shape index (κ2) is 8.61. The van der Waals surface area contributed by atoms with Gasteiger partial charge in [0.25, 0.3) is 0 Å². The average molecular weight is 470 g/mol. The van der Waals surface area contributed by atoms with Crippen LogP contribution in [0, 0.1) is 17.2 Å². The molecule has 2 heterocycles. The van der Waals surface area contributed by atoms with Crippen LogP contribution in [0.5, 0.6) is 5.75 Å². The van der Waals surface area contributed by atoms with Gasteiger partial charge in [0, 0.05) is 30.6 Å². The third-order valence-corrected chi connectivity index (χ3v) is 7.45. The summed E-state index contributed by atoms with van der Waals surface area (Å²) in [7, 11) is 1.65. The van der Waals surface area contributed by atoms with Gasteiger partial charge in [-0.2, -0.15) is 0 Å². The van der Waals surface area contributed by atoms with E-state index >= 15 is 0 Å². The molecule has 1 atom stereocenters. The van der Waals surface area contributed by atoms with Crippen LogP contribution in [-0.2, 0) is 11.3 Å². The zero-order valence-corrected chi connectivity index (χ0v) is 19.8. The lowest BCUT2D eigenvalue weighted by Gasteiger charge is -2.28. The molecule has 1 saturated heterocycles. The van der Waals surface area contributed by atoms with Gasteiger partial charge in [0.2, 0.25) is 0 Å². The predicted molar refractivity (Wildman–Crippen MR) is 135 cm³/mol. The zero-order chi connectivity index (χ0) is 24.0. The van der Waals surface area contributed by atoms with E-state index < -0.39 is 5.41 Å². The van der Waals surface area contributed by atoms with Crippen molar-refractivity contribution < 1.29 is 13.9 Å². The molecular weight excluding hydrogens is 441 g/mol. The first-order valence-corrected chi connectivity index (χ1v) is 12.2. The molecule has 1 aliphatic carbocycles. The number of imidazole rings is 1. The highest BCUT2D eigenvalue weighted by Crippen LogP contribution is 2.42. The molecule has 2 fully saturated rings. The van der Waals surface area contributed by atoms with E-state index in [0.717, 1.165) is 65.1 Å². The Hall–Kier alpha value is -3.51. The molecule has 0 bridgehead atoms.